The van der Waals surface area contributed by atoms with E-state index in [1.165, 1.54) is 5.57 Å². The lowest BCUT2D eigenvalue weighted by Crippen LogP contribution is -2.06. The lowest BCUT2D eigenvalue weighted by atomic mass is 9.88. The van der Waals surface area contributed by atoms with Crippen molar-refractivity contribution in [3.63, 3.8) is 0 Å². The second kappa shape index (κ2) is 6.42. The molecule has 0 saturated heterocycles. The van der Waals surface area contributed by atoms with Crippen molar-refractivity contribution in [2.45, 2.75) is 27.7 Å². The zero-order valence-corrected chi connectivity index (χ0v) is 13.3. The van der Waals surface area contributed by atoms with E-state index in [4.69, 9.17) is 0 Å². The molecule has 0 aliphatic heterocycles. The van der Waals surface area contributed by atoms with Gasteiger partial charge in [-0.25, -0.2) is 0 Å². The first-order chi connectivity index (χ1) is 9.99. The monoisotopic (exact) mass is 284 g/mol. The van der Waals surface area contributed by atoms with Gasteiger partial charge in [0.25, 0.3) is 0 Å². The Morgan fingerprint density at radius 1 is 0.905 bits per heavy atom. The molecule has 2 rings (SSSR count). The molecule has 0 aromatic heterocycles. The molecule has 2 aliphatic rings. The van der Waals surface area contributed by atoms with Crippen LogP contribution in [0.1, 0.15) is 27.7 Å². The lowest BCUT2D eigenvalue weighted by molar-refractivity contribution is 0.310. The van der Waals surface area contributed by atoms with Crippen LogP contribution in [0.2, 0.25) is 0 Å². The molecule has 0 radical (unpaired) electrons. The quantitative estimate of drug-likeness (QED) is 0.831. The lowest BCUT2D eigenvalue weighted by Gasteiger charge is -2.17. The molecule has 0 amide bonds. The van der Waals surface area contributed by atoms with Gasteiger partial charge in [0, 0.05) is 0 Å². The van der Waals surface area contributed by atoms with Crippen molar-refractivity contribution >= 4 is 0 Å². The van der Waals surface area contributed by atoms with Crippen molar-refractivity contribution in [1.82, 2.24) is 0 Å². The van der Waals surface area contributed by atoms with Gasteiger partial charge in [-0.2, -0.15) is 0 Å². The van der Waals surface area contributed by atoms with E-state index in [9.17, 15) is 10.2 Å². The van der Waals surface area contributed by atoms with Crippen molar-refractivity contribution in [1.29, 1.82) is 0 Å². The number of aliphatic hydroxyl groups excluding tert-OH is 2. The molecular formula is C19H24O2. The minimum absolute atomic E-state index is 0.0613. The summed E-state index contributed by atoms with van der Waals surface area (Å²) >= 11 is 0. The molecule has 0 heterocycles. The molecule has 0 aromatic carbocycles. The molecule has 0 atom stereocenters. The minimum Gasteiger partial charge on any atom is -0.392 e. The molecule has 0 saturated carbocycles. The fourth-order valence-corrected chi connectivity index (χ4v) is 2.78. The van der Waals surface area contributed by atoms with Gasteiger partial charge in [-0.3, -0.25) is 0 Å². The maximum absolute atomic E-state index is 9.82. The third kappa shape index (κ3) is 3.02. The predicted molar refractivity (Wildman–Crippen MR) is 87.8 cm³/mol. The van der Waals surface area contributed by atoms with Crippen LogP contribution in [0.5, 0.6) is 0 Å². The van der Waals surface area contributed by atoms with E-state index >= 15 is 0 Å². The van der Waals surface area contributed by atoms with Gasteiger partial charge >= 0.3 is 0 Å². The first-order valence-electron chi connectivity index (χ1n) is 7.43. The normalized spacial score (nSPS) is 19.1. The Morgan fingerprint density at radius 3 is 2.14 bits per heavy atom. The van der Waals surface area contributed by atoms with Gasteiger partial charge in [0.2, 0.25) is 0 Å². The Labute approximate surface area is 127 Å². The molecule has 2 heteroatoms. The zero-order chi connectivity index (χ0) is 15.6. The number of hydrogen-bond acceptors (Lipinski definition) is 2. The molecule has 0 unspecified atom stereocenters. The van der Waals surface area contributed by atoms with Gasteiger partial charge in [0.15, 0.2) is 0 Å². The molecule has 0 aromatic rings. The highest BCUT2D eigenvalue weighted by molar-refractivity contribution is 5.66. The van der Waals surface area contributed by atoms with Crippen molar-refractivity contribution in [2.24, 2.45) is 5.92 Å². The third-order valence-electron chi connectivity index (χ3n) is 4.14. The van der Waals surface area contributed by atoms with Gasteiger partial charge in [0.05, 0.1) is 13.2 Å². The summed E-state index contributed by atoms with van der Waals surface area (Å²) < 4.78 is 0. The molecule has 0 fully saturated rings. The van der Waals surface area contributed by atoms with Gasteiger partial charge in [0.1, 0.15) is 0 Å². The summed E-state index contributed by atoms with van der Waals surface area (Å²) in [6.07, 6.45) is 10.4. The average molecular weight is 284 g/mol. The molecule has 21 heavy (non-hydrogen) atoms. The highest BCUT2D eigenvalue weighted by Crippen LogP contribution is 2.37. The number of hydrogen-bond donors (Lipinski definition) is 2. The van der Waals surface area contributed by atoms with Crippen molar-refractivity contribution in [3.8, 4) is 0 Å². The Balaban J connectivity index is 2.74. The molecule has 2 N–H and O–H groups in total. The topological polar surface area (TPSA) is 40.5 Å². The van der Waals surface area contributed by atoms with E-state index in [2.05, 4.69) is 45.9 Å². The Hall–Kier alpha value is -1.64. The minimum atomic E-state index is -0.0671. The van der Waals surface area contributed by atoms with E-state index in [0.29, 0.717) is 5.92 Å². The molecule has 112 valence electrons. The van der Waals surface area contributed by atoms with Crippen LogP contribution in [0, 0.1) is 5.92 Å². The second-order valence-corrected chi connectivity index (χ2v) is 5.94. The van der Waals surface area contributed by atoms with E-state index in [0.717, 1.165) is 33.4 Å². The summed E-state index contributed by atoms with van der Waals surface area (Å²) in [7, 11) is 0. The summed E-state index contributed by atoms with van der Waals surface area (Å²) in [6.45, 7) is 8.37. The van der Waals surface area contributed by atoms with Crippen LogP contribution in [0.4, 0.5) is 0 Å². The molecule has 2 aliphatic carbocycles. The number of aliphatic hydroxyl groups is 2. The second-order valence-electron chi connectivity index (χ2n) is 5.94. The summed E-state index contributed by atoms with van der Waals surface area (Å²) in [4.78, 5) is 0. The highest BCUT2D eigenvalue weighted by atomic mass is 16.3. The Morgan fingerprint density at radius 2 is 1.57 bits per heavy atom. The Bertz CT molecular complexity index is 620. The molecule has 0 bridgehead atoms. The van der Waals surface area contributed by atoms with Gasteiger partial charge in [-0.05, 0) is 58.8 Å². The van der Waals surface area contributed by atoms with E-state index in [-0.39, 0.29) is 13.2 Å². The summed E-state index contributed by atoms with van der Waals surface area (Å²) in [5.41, 5.74) is 7.35. The van der Waals surface area contributed by atoms with Gasteiger partial charge in [-0.15, -0.1) is 0 Å². The first kappa shape index (κ1) is 15.7. The van der Waals surface area contributed by atoms with Crippen LogP contribution in [0.25, 0.3) is 0 Å². The van der Waals surface area contributed by atoms with Crippen molar-refractivity contribution in [3.05, 3.63) is 69.4 Å². The fourth-order valence-electron chi connectivity index (χ4n) is 2.78. The predicted octanol–water partition coefficient (Wildman–Crippen LogP) is 3.62. The van der Waals surface area contributed by atoms with Crippen LogP contribution in [0.15, 0.2) is 69.4 Å². The summed E-state index contributed by atoms with van der Waals surface area (Å²) in [5, 5.41) is 19.4. The zero-order valence-electron chi connectivity index (χ0n) is 13.3. The van der Waals surface area contributed by atoms with Gasteiger partial charge in [-0.1, -0.05) is 44.2 Å². The number of allylic oxidation sites excluding steroid dienone is 10. The average Bonchev–Trinajstić information content (AvgIpc) is 2.70. The van der Waals surface area contributed by atoms with Crippen molar-refractivity contribution in [2.75, 3.05) is 13.2 Å². The largest absolute Gasteiger partial charge is 0.392 e. The fraction of sp³-hybridized carbons (Fsp3) is 0.368. The highest BCUT2D eigenvalue weighted by Gasteiger charge is 2.21. The van der Waals surface area contributed by atoms with Crippen LogP contribution in [0.3, 0.4) is 0 Å². The number of rotatable bonds is 3. The molecule has 2 nitrogen and oxygen atoms in total. The molecular weight excluding hydrogens is 260 g/mol. The van der Waals surface area contributed by atoms with Crippen LogP contribution >= 0.6 is 0 Å². The summed E-state index contributed by atoms with van der Waals surface area (Å²) in [6, 6.07) is 0. The maximum atomic E-state index is 9.82. The van der Waals surface area contributed by atoms with Gasteiger partial charge < -0.3 is 10.2 Å². The SMILES string of the molecule is CC1=CC=C(CO)C(CO)=C2C(C)=CC=C(C(C)C)C=C12. The van der Waals surface area contributed by atoms with E-state index in [1.54, 1.807) is 0 Å². The van der Waals surface area contributed by atoms with Crippen LogP contribution < -0.4 is 0 Å². The first-order valence-corrected chi connectivity index (χ1v) is 7.43. The van der Waals surface area contributed by atoms with Crippen molar-refractivity contribution < 1.29 is 10.2 Å². The number of fused-ring (bicyclic) bond motifs is 1. The Kier molecular flexibility index (Phi) is 4.81. The van der Waals surface area contributed by atoms with Crippen LogP contribution in [-0.4, -0.2) is 23.4 Å². The summed E-state index contributed by atoms with van der Waals surface area (Å²) in [5.74, 6) is 0.444. The smallest absolute Gasteiger partial charge is 0.0691 e. The van der Waals surface area contributed by atoms with E-state index in [1.807, 2.05) is 12.2 Å². The molecule has 0 spiro atoms. The third-order valence-corrected chi connectivity index (χ3v) is 4.14. The van der Waals surface area contributed by atoms with E-state index < -0.39 is 0 Å². The maximum Gasteiger partial charge on any atom is 0.0691 e. The standard InChI is InChI=1S/C19H24O2/c1-12(2)15-7-6-14(4)19-17(9-15)13(3)5-8-16(10-20)18(19)11-21/h5-9,12,20-21H,10-11H2,1-4H3. The van der Waals surface area contributed by atoms with Crippen LogP contribution in [-0.2, 0) is 0 Å².